The van der Waals surface area contributed by atoms with Crippen LogP contribution in [0.25, 0.3) is 11.4 Å². The molecule has 1 aliphatic carbocycles. The van der Waals surface area contributed by atoms with Crippen LogP contribution in [0.4, 0.5) is 16.3 Å². The second-order valence-corrected chi connectivity index (χ2v) is 8.66. The Balaban J connectivity index is 1.40. The van der Waals surface area contributed by atoms with Crippen LogP contribution in [-0.4, -0.2) is 49.7 Å². The van der Waals surface area contributed by atoms with Gasteiger partial charge < -0.3 is 14.8 Å². The van der Waals surface area contributed by atoms with Crippen LogP contribution in [0.3, 0.4) is 0 Å². The lowest BCUT2D eigenvalue weighted by atomic mass is 9.71. The summed E-state index contributed by atoms with van der Waals surface area (Å²) in [6.07, 6.45) is 2.33. The molecule has 3 aromatic rings. The molecule has 1 aliphatic rings. The van der Waals surface area contributed by atoms with E-state index in [0.29, 0.717) is 35.5 Å². The van der Waals surface area contributed by atoms with Crippen molar-refractivity contribution in [3.63, 3.8) is 0 Å². The van der Waals surface area contributed by atoms with Gasteiger partial charge in [0.25, 0.3) is 0 Å². The highest BCUT2D eigenvalue weighted by molar-refractivity contribution is 6.30. The summed E-state index contributed by atoms with van der Waals surface area (Å²) in [6, 6.07) is 8.83. The van der Waals surface area contributed by atoms with E-state index in [1.54, 1.807) is 44.4 Å². The van der Waals surface area contributed by atoms with E-state index in [4.69, 9.17) is 21.1 Å². The van der Waals surface area contributed by atoms with Gasteiger partial charge in [0, 0.05) is 44.7 Å². The molecule has 36 heavy (non-hydrogen) atoms. The molecule has 0 saturated heterocycles. The van der Waals surface area contributed by atoms with E-state index in [0.717, 1.165) is 0 Å². The average Bonchev–Trinajstić information content (AvgIpc) is 3.19. The molecule has 3 heterocycles. The number of hydrogen-bond acceptors (Lipinski definition) is 9. The minimum Gasteiger partial charge on any atom is -0.441 e. The highest BCUT2D eigenvalue weighted by Gasteiger charge is 2.48. The number of halogens is 1. The van der Waals surface area contributed by atoms with E-state index >= 15 is 0 Å². The Morgan fingerprint density at radius 2 is 2.06 bits per heavy atom. The number of methoxy groups -OCH3 is 1. The van der Waals surface area contributed by atoms with Crippen LogP contribution in [0.15, 0.2) is 36.7 Å². The first kappa shape index (κ1) is 25.0. The van der Waals surface area contributed by atoms with Crippen molar-refractivity contribution < 1.29 is 19.1 Å². The second-order valence-electron chi connectivity index (χ2n) is 8.30. The van der Waals surface area contributed by atoms with Crippen LogP contribution in [0.1, 0.15) is 31.4 Å². The standard InChI is InChI=1S/C23H23ClN8O4/c1-13(16-5-4-8-26-19(16)24)36-22(34)29-20-18(30-31-32(20)2)17-7-6-15(11-27-17)28-21(33)14-9-23(10-14,12-25)35-3/h4-8,11,13-14H,9-10H2,1-3H3,(H,28,33)(H,29,34)/t13-,14-,23+/m1/s1. The van der Waals surface area contributed by atoms with Gasteiger partial charge in [-0.3, -0.25) is 15.1 Å². The van der Waals surface area contributed by atoms with Gasteiger partial charge in [-0.25, -0.2) is 14.5 Å². The molecule has 0 bridgehead atoms. The minimum absolute atomic E-state index is 0.208. The van der Waals surface area contributed by atoms with E-state index in [1.165, 1.54) is 18.0 Å². The highest BCUT2D eigenvalue weighted by Crippen LogP contribution is 2.40. The van der Waals surface area contributed by atoms with Crippen LogP contribution in [0, 0.1) is 17.2 Å². The number of amides is 2. The molecule has 2 amide bonds. The first-order valence-electron chi connectivity index (χ1n) is 11.0. The van der Waals surface area contributed by atoms with E-state index in [9.17, 15) is 14.9 Å². The summed E-state index contributed by atoms with van der Waals surface area (Å²) in [5.41, 5.74) is 0.904. The monoisotopic (exact) mass is 510 g/mol. The third kappa shape index (κ3) is 5.12. The van der Waals surface area contributed by atoms with Gasteiger partial charge >= 0.3 is 6.09 Å². The summed E-state index contributed by atoms with van der Waals surface area (Å²) in [5, 5.41) is 22.9. The zero-order valence-corrected chi connectivity index (χ0v) is 20.5. The van der Waals surface area contributed by atoms with Gasteiger partial charge in [0.15, 0.2) is 17.1 Å². The first-order valence-corrected chi connectivity index (χ1v) is 11.3. The second kappa shape index (κ2) is 10.3. The molecule has 0 aromatic carbocycles. The molecule has 12 nitrogen and oxygen atoms in total. The van der Waals surface area contributed by atoms with E-state index < -0.39 is 17.8 Å². The fourth-order valence-electron chi connectivity index (χ4n) is 3.80. The Labute approximate surface area is 211 Å². The maximum Gasteiger partial charge on any atom is 0.413 e. The number of anilines is 2. The number of carbonyl (C=O) groups is 2. The summed E-state index contributed by atoms with van der Waals surface area (Å²) >= 11 is 6.07. The summed E-state index contributed by atoms with van der Waals surface area (Å²) in [4.78, 5) is 33.3. The van der Waals surface area contributed by atoms with E-state index in [1.807, 2.05) is 0 Å². The zero-order chi connectivity index (χ0) is 25.9. The SMILES string of the molecule is CO[C@]1(C#N)C[C@H](C(=O)Nc2ccc(-c3nnn(C)c3NC(=O)O[C@H](C)c3cccnc3Cl)nc2)C1. The van der Waals surface area contributed by atoms with Gasteiger partial charge in [0.05, 0.1) is 23.6 Å². The van der Waals surface area contributed by atoms with Crippen molar-refractivity contribution in [2.75, 3.05) is 17.7 Å². The van der Waals surface area contributed by atoms with Crippen LogP contribution in [0.5, 0.6) is 0 Å². The van der Waals surface area contributed by atoms with Gasteiger partial charge in [0.2, 0.25) is 5.91 Å². The summed E-state index contributed by atoms with van der Waals surface area (Å²) in [7, 11) is 3.08. The zero-order valence-electron chi connectivity index (χ0n) is 19.7. The first-order chi connectivity index (χ1) is 17.2. The molecular formula is C23H23ClN8O4. The van der Waals surface area contributed by atoms with Gasteiger partial charge in [-0.05, 0) is 25.1 Å². The molecule has 0 aliphatic heterocycles. The number of aryl methyl sites for hydroxylation is 1. The number of pyridine rings is 2. The molecule has 4 rings (SSSR count). The maximum absolute atomic E-state index is 12.5. The lowest BCUT2D eigenvalue weighted by Gasteiger charge is -2.40. The summed E-state index contributed by atoms with van der Waals surface area (Å²) in [5.74, 6) is -0.245. The van der Waals surface area contributed by atoms with Gasteiger partial charge in [0.1, 0.15) is 11.3 Å². The number of nitriles is 1. The van der Waals surface area contributed by atoms with Crippen molar-refractivity contribution in [3.8, 4) is 17.5 Å². The minimum atomic E-state index is -0.886. The van der Waals surface area contributed by atoms with Crippen molar-refractivity contribution in [1.29, 1.82) is 5.26 Å². The van der Waals surface area contributed by atoms with Crippen LogP contribution in [-0.2, 0) is 21.3 Å². The smallest absolute Gasteiger partial charge is 0.413 e. The van der Waals surface area contributed by atoms with E-state index in [-0.39, 0.29) is 22.8 Å². The predicted molar refractivity (Wildman–Crippen MR) is 129 cm³/mol. The number of ether oxygens (including phenoxy) is 2. The third-order valence-electron chi connectivity index (χ3n) is 5.95. The van der Waals surface area contributed by atoms with Crippen LogP contribution >= 0.6 is 11.6 Å². The largest absolute Gasteiger partial charge is 0.441 e. The molecule has 2 N–H and O–H groups in total. The Hall–Kier alpha value is -4.08. The van der Waals surface area contributed by atoms with Gasteiger partial charge in [-0.15, -0.1) is 5.10 Å². The molecule has 0 unspecified atom stereocenters. The fourth-order valence-corrected chi connectivity index (χ4v) is 4.07. The number of nitrogens with zero attached hydrogens (tertiary/aromatic N) is 6. The molecule has 13 heteroatoms. The number of nitrogens with one attached hydrogen (secondary N) is 2. The molecule has 1 atom stereocenters. The van der Waals surface area contributed by atoms with E-state index in [2.05, 4.69) is 37.0 Å². The van der Waals surface area contributed by atoms with Crippen molar-refractivity contribution in [2.24, 2.45) is 13.0 Å². The Morgan fingerprint density at radius 3 is 2.69 bits per heavy atom. The number of rotatable bonds is 7. The summed E-state index contributed by atoms with van der Waals surface area (Å²) < 4.78 is 12.0. The molecule has 1 saturated carbocycles. The van der Waals surface area contributed by atoms with Crippen molar-refractivity contribution in [3.05, 3.63) is 47.4 Å². The predicted octanol–water partition coefficient (Wildman–Crippen LogP) is 3.49. The molecule has 1 fully saturated rings. The summed E-state index contributed by atoms with van der Waals surface area (Å²) in [6.45, 7) is 1.68. The number of carbonyl (C=O) groups excluding carboxylic acids is 2. The Bertz CT molecular complexity index is 1310. The molecule has 3 aromatic heterocycles. The lowest BCUT2D eigenvalue weighted by molar-refractivity contribution is -0.132. The average molecular weight is 511 g/mol. The Morgan fingerprint density at radius 1 is 1.28 bits per heavy atom. The quantitative estimate of drug-likeness (QED) is 0.454. The number of aromatic nitrogens is 5. The highest BCUT2D eigenvalue weighted by atomic mass is 35.5. The lowest BCUT2D eigenvalue weighted by Crippen LogP contribution is -2.48. The van der Waals surface area contributed by atoms with Gasteiger partial charge in [-0.2, -0.15) is 5.26 Å². The molecule has 0 spiro atoms. The normalized spacial score (nSPS) is 19.5. The fraction of sp³-hybridized carbons (Fsp3) is 0.348. The van der Waals surface area contributed by atoms with Gasteiger partial charge in [-0.1, -0.05) is 22.9 Å². The van der Waals surface area contributed by atoms with Crippen LogP contribution in [0.2, 0.25) is 5.15 Å². The molecule has 186 valence electrons. The topological polar surface area (TPSA) is 157 Å². The van der Waals surface area contributed by atoms with Crippen LogP contribution < -0.4 is 10.6 Å². The third-order valence-corrected chi connectivity index (χ3v) is 6.26. The van der Waals surface area contributed by atoms with Crippen molar-refractivity contribution in [2.45, 2.75) is 31.5 Å². The number of hydrogen-bond donors (Lipinski definition) is 2. The Kier molecular flexibility index (Phi) is 7.14. The van der Waals surface area contributed by atoms with Crippen molar-refractivity contribution in [1.82, 2.24) is 25.0 Å². The molecule has 0 radical (unpaired) electrons. The van der Waals surface area contributed by atoms with Crippen molar-refractivity contribution >= 4 is 35.1 Å². The molecular weight excluding hydrogens is 488 g/mol. The maximum atomic E-state index is 12.5.